The lowest BCUT2D eigenvalue weighted by molar-refractivity contribution is -0.118. The van der Waals surface area contributed by atoms with E-state index in [0.717, 1.165) is 37.2 Å². The predicted molar refractivity (Wildman–Crippen MR) is 113 cm³/mol. The number of nitrogens with zero attached hydrogens (tertiary/aromatic N) is 1. The fraction of sp³-hybridized carbons (Fsp3) is 0.619. The second-order valence-corrected chi connectivity index (χ2v) is 9.33. The Bertz CT molecular complexity index is 788. The van der Waals surface area contributed by atoms with Crippen molar-refractivity contribution in [3.63, 3.8) is 0 Å². The lowest BCUT2D eigenvalue weighted by Gasteiger charge is -2.16. The van der Waals surface area contributed by atoms with Gasteiger partial charge < -0.3 is 9.64 Å². The average Bonchev–Trinajstić information content (AvgIpc) is 3.46. The second kappa shape index (κ2) is 10.9. The zero-order valence-corrected chi connectivity index (χ0v) is 18.1. The third kappa shape index (κ3) is 7.05. The Hall–Kier alpha value is -2.00. The minimum atomic E-state index is -1.22. The molecule has 2 aliphatic rings. The van der Waals surface area contributed by atoms with Crippen LogP contribution in [0.5, 0.6) is 5.75 Å². The lowest BCUT2D eigenvalue weighted by atomic mass is 10.1. The van der Waals surface area contributed by atoms with Crippen LogP contribution in [0.2, 0.25) is 0 Å². The quantitative estimate of drug-likeness (QED) is 0.365. The number of rotatable bonds is 13. The van der Waals surface area contributed by atoms with Gasteiger partial charge >= 0.3 is 6.03 Å². The molecule has 1 unspecified atom stereocenters. The van der Waals surface area contributed by atoms with E-state index in [-0.39, 0.29) is 36.1 Å². The molecule has 1 aliphatic carbocycles. The molecule has 7 nitrogen and oxygen atoms in total. The smallest absolute Gasteiger partial charge is 0.324 e. The first-order valence-electron chi connectivity index (χ1n) is 10.6. The van der Waals surface area contributed by atoms with Crippen LogP contribution >= 0.6 is 0 Å². The van der Waals surface area contributed by atoms with Gasteiger partial charge in [0.05, 0.1) is 17.6 Å². The molecule has 2 N–H and O–H groups in total. The highest BCUT2D eigenvalue weighted by Gasteiger charge is 2.25. The van der Waals surface area contributed by atoms with Crippen LogP contribution < -0.4 is 14.8 Å². The summed E-state index contributed by atoms with van der Waals surface area (Å²) >= 11 is 0. The van der Waals surface area contributed by atoms with Crippen LogP contribution in [0.4, 0.5) is 9.18 Å². The van der Waals surface area contributed by atoms with Gasteiger partial charge in [0.2, 0.25) is 5.91 Å². The van der Waals surface area contributed by atoms with Crippen molar-refractivity contribution in [1.82, 2.24) is 14.9 Å². The Morgan fingerprint density at radius 2 is 2.10 bits per heavy atom. The highest BCUT2D eigenvalue weighted by atomic mass is 32.2. The van der Waals surface area contributed by atoms with E-state index < -0.39 is 11.0 Å². The Kier molecular flexibility index (Phi) is 8.21. The van der Waals surface area contributed by atoms with Crippen LogP contribution in [0, 0.1) is 11.7 Å². The number of imide groups is 1. The van der Waals surface area contributed by atoms with Crippen molar-refractivity contribution in [2.24, 2.45) is 5.92 Å². The van der Waals surface area contributed by atoms with Gasteiger partial charge in [0.15, 0.2) is 11.6 Å². The van der Waals surface area contributed by atoms with E-state index >= 15 is 0 Å². The fourth-order valence-electron chi connectivity index (χ4n) is 3.34. The Morgan fingerprint density at radius 1 is 1.30 bits per heavy atom. The number of halogens is 1. The summed E-state index contributed by atoms with van der Waals surface area (Å²) in [7, 11) is -1.22. The van der Waals surface area contributed by atoms with Gasteiger partial charge in [-0.15, -0.1) is 0 Å². The van der Waals surface area contributed by atoms with E-state index in [4.69, 9.17) is 4.74 Å². The van der Waals surface area contributed by atoms with Crippen molar-refractivity contribution in [2.75, 3.05) is 25.4 Å². The maximum Gasteiger partial charge on any atom is 0.324 e. The van der Waals surface area contributed by atoms with E-state index in [2.05, 4.69) is 10.0 Å². The first kappa shape index (κ1) is 22.7. The monoisotopic (exact) mass is 439 g/mol. The van der Waals surface area contributed by atoms with Crippen molar-refractivity contribution in [3.8, 4) is 5.75 Å². The fourth-order valence-corrected chi connectivity index (χ4v) is 4.46. The van der Waals surface area contributed by atoms with Gasteiger partial charge in [-0.2, -0.15) is 0 Å². The minimum Gasteiger partial charge on any atom is -0.490 e. The van der Waals surface area contributed by atoms with Gasteiger partial charge in [0.1, 0.15) is 6.54 Å². The van der Waals surface area contributed by atoms with Gasteiger partial charge in [-0.3, -0.25) is 10.1 Å². The highest BCUT2D eigenvalue weighted by molar-refractivity contribution is 7.83. The van der Waals surface area contributed by atoms with Crippen molar-refractivity contribution in [3.05, 3.63) is 29.6 Å². The maximum absolute atomic E-state index is 14.0. The van der Waals surface area contributed by atoms with Gasteiger partial charge in [-0.1, -0.05) is 25.3 Å². The van der Waals surface area contributed by atoms with Crippen molar-refractivity contribution >= 4 is 22.9 Å². The molecule has 30 heavy (non-hydrogen) atoms. The van der Waals surface area contributed by atoms with E-state index in [1.165, 1.54) is 23.8 Å². The topological polar surface area (TPSA) is 87.7 Å². The standard InChI is InChI=1S/C21H30FN3O4S/c1-15(17-7-8-18(22)19(13-17)29-11-9-16-5-6-16)24-30(28)12-4-2-3-10-25-14-20(26)23-21(25)27/h7-8,13,15-16,24H,2-6,9-12,14H2,1H3,(H,23,26,27)/t15-,30?/m0/s1. The molecule has 1 saturated heterocycles. The van der Waals surface area contributed by atoms with E-state index in [1.807, 2.05) is 6.92 Å². The van der Waals surface area contributed by atoms with E-state index in [9.17, 15) is 18.2 Å². The number of ether oxygens (including phenoxy) is 1. The Morgan fingerprint density at radius 3 is 2.80 bits per heavy atom. The summed E-state index contributed by atoms with van der Waals surface area (Å²) in [6, 6.07) is 4.22. The average molecular weight is 440 g/mol. The summed E-state index contributed by atoms with van der Waals surface area (Å²) in [4.78, 5) is 24.1. The number of unbranched alkanes of at least 4 members (excludes halogenated alkanes) is 2. The number of amides is 3. The number of urea groups is 1. The first-order valence-corrected chi connectivity index (χ1v) is 11.9. The zero-order chi connectivity index (χ0) is 21.5. The Balaban J connectivity index is 1.35. The zero-order valence-electron chi connectivity index (χ0n) is 17.3. The molecule has 2 atom stereocenters. The van der Waals surface area contributed by atoms with Crippen LogP contribution in [-0.2, 0) is 15.8 Å². The number of nitrogens with one attached hydrogen (secondary N) is 2. The van der Waals surface area contributed by atoms with E-state index in [0.29, 0.717) is 18.9 Å². The molecular weight excluding hydrogens is 409 g/mol. The van der Waals surface area contributed by atoms with Crippen LogP contribution in [0.25, 0.3) is 0 Å². The van der Waals surface area contributed by atoms with Crippen molar-refractivity contribution in [1.29, 1.82) is 0 Å². The SMILES string of the molecule is C[C@H](NS(=O)CCCCCN1CC(=O)NC1=O)c1ccc(F)c(OCCC2CC2)c1. The van der Waals surface area contributed by atoms with Crippen LogP contribution in [-0.4, -0.2) is 46.5 Å². The van der Waals surface area contributed by atoms with Gasteiger partial charge in [0.25, 0.3) is 0 Å². The molecule has 1 heterocycles. The first-order chi connectivity index (χ1) is 14.4. The van der Waals surface area contributed by atoms with Gasteiger partial charge in [0, 0.05) is 18.3 Å². The third-order valence-corrected chi connectivity index (χ3v) is 6.65. The molecule has 0 bridgehead atoms. The molecule has 1 saturated carbocycles. The summed E-state index contributed by atoms with van der Waals surface area (Å²) in [6.45, 7) is 3.05. The molecule has 1 aliphatic heterocycles. The molecule has 0 aromatic heterocycles. The molecular formula is C21H30FN3O4S. The number of benzene rings is 1. The van der Waals surface area contributed by atoms with Gasteiger partial charge in [-0.05, 0) is 49.8 Å². The molecule has 9 heteroatoms. The largest absolute Gasteiger partial charge is 0.490 e. The lowest BCUT2D eigenvalue weighted by Crippen LogP contribution is -2.29. The summed E-state index contributed by atoms with van der Waals surface area (Å²) in [5.41, 5.74) is 0.830. The number of carbonyl (C=O) groups excluding carboxylic acids is 2. The molecule has 0 spiro atoms. The Labute approximate surface area is 179 Å². The second-order valence-electron chi connectivity index (χ2n) is 8.00. The van der Waals surface area contributed by atoms with Crippen molar-refractivity contribution < 1.29 is 22.9 Å². The van der Waals surface area contributed by atoms with Crippen LogP contribution in [0.15, 0.2) is 18.2 Å². The summed E-state index contributed by atoms with van der Waals surface area (Å²) < 4.78 is 34.9. The highest BCUT2D eigenvalue weighted by Crippen LogP contribution is 2.32. The predicted octanol–water partition coefficient (Wildman–Crippen LogP) is 3.04. The van der Waals surface area contributed by atoms with Crippen molar-refractivity contribution in [2.45, 2.75) is 51.5 Å². The molecule has 2 fully saturated rings. The van der Waals surface area contributed by atoms with Crippen LogP contribution in [0.1, 0.15) is 57.1 Å². The summed E-state index contributed by atoms with van der Waals surface area (Å²) in [5.74, 6) is 0.820. The minimum absolute atomic E-state index is 0.119. The molecule has 0 radical (unpaired) electrons. The van der Waals surface area contributed by atoms with Crippen LogP contribution in [0.3, 0.4) is 0 Å². The molecule has 166 valence electrons. The maximum atomic E-state index is 14.0. The molecule has 3 rings (SSSR count). The number of hydrogen-bond donors (Lipinski definition) is 2. The van der Waals surface area contributed by atoms with Gasteiger partial charge in [-0.25, -0.2) is 18.1 Å². The molecule has 1 aromatic rings. The molecule has 1 aromatic carbocycles. The third-order valence-electron chi connectivity index (χ3n) is 5.37. The summed E-state index contributed by atoms with van der Waals surface area (Å²) in [6.07, 6.45) is 5.76. The summed E-state index contributed by atoms with van der Waals surface area (Å²) in [5, 5.41) is 2.25. The number of hydrogen-bond acceptors (Lipinski definition) is 4. The normalized spacial score (nSPS) is 18.4. The molecule has 3 amide bonds. The van der Waals surface area contributed by atoms with E-state index in [1.54, 1.807) is 12.1 Å². The number of carbonyl (C=O) groups is 2.